The van der Waals surface area contributed by atoms with Gasteiger partial charge in [-0.05, 0) is 70.6 Å². The van der Waals surface area contributed by atoms with Gasteiger partial charge in [0.25, 0.3) is 7.82 Å². The highest BCUT2D eigenvalue weighted by Gasteiger charge is 2.23. The molecule has 0 radical (unpaired) electrons. The van der Waals surface area contributed by atoms with E-state index in [0.29, 0.717) is 17.4 Å². The fraction of sp³-hybridized carbons (Fsp3) is 0.830. The van der Waals surface area contributed by atoms with E-state index in [-0.39, 0.29) is 12.5 Å². The Balaban J connectivity index is 4.26. The monoisotopic (exact) mass is 893 g/mol. The number of amides is 1. The van der Waals surface area contributed by atoms with Crippen LogP contribution in [0.1, 0.15) is 232 Å². The lowest BCUT2D eigenvalue weighted by Gasteiger charge is -2.29. The molecule has 0 saturated carbocycles. The van der Waals surface area contributed by atoms with E-state index in [2.05, 4.69) is 55.6 Å². The number of carbonyl (C=O) groups excluding carboxylic acids is 1. The minimum Gasteiger partial charge on any atom is -0.756 e. The third-order valence-corrected chi connectivity index (χ3v) is 12.5. The van der Waals surface area contributed by atoms with Crippen LogP contribution in [0.15, 0.2) is 48.6 Å². The topological polar surface area (TPSA) is 108 Å². The number of nitrogens with zero attached hydrogens (tertiary/aromatic N) is 1. The summed E-state index contributed by atoms with van der Waals surface area (Å²) in [6, 6.07) is -0.909. The number of hydrogen-bond donors (Lipinski definition) is 2. The van der Waals surface area contributed by atoms with Gasteiger partial charge in [-0.1, -0.05) is 204 Å². The Bertz CT molecular complexity index is 1150. The zero-order valence-corrected chi connectivity index (χ0v) is 42.2. The first-order valence-electron chi connectivity index (χ1n) is 26.0. The van der Waals surface area contributed by atoms with Crippen molar-refractivity contribution in [2.45, 2.75) is 244 Å². The first-order chi connectivity index (χ1) is 30.0. The predicted molar refractivity (Wildman–Crippen MR) is 265 cm³/mol. The van der Waals surface area contributed by atoms with Crippen LogP contribution in [-0.4, -0.2) is 68.5 Å². The maximum absolute atomic E-state index is 12.9. The molecule has 0 spiro atoms. The molecule has 0 aromatic carbocycles. The molecule has 0 aliphatic heterocycles. The Morgan fingerprint density at radius 3 is 1.31 bits per heavy atom. The SMILES string of the molecule is CCCCCCC/C=C/CC/C=C/CC/C=C/C(O)C(COP(=O)([O-])OCC[N+](C)(C)C)NC(=O)CCCCCCCCCCCCCCC/C=C\CCCCCCCCCC. The van der Waals surface area contributed by atoms with Crippen molar-refractivity contribution in [3.63, 3.8) is 0 Å². The van der Waals surface area contributed by atoms with Gasteiger partial charge in [-0.25, -0.2) is 0 Å². The molecule has 0 aromatic heterocycles. The number of rotatable bonds is 47. The van der Waals surface area contributed by atoms with E-state index in [1.807, 2.05) is 27.2 Å². The number of nitrogens with one attached hydrogen (secondary N) is 1. The molecule has 62 heavy (non-hydrogen) atoms. The molecule has 1 amide bonds. The molecule has 364 valence electrons. The van der Waals surface area contributed by atoms with Gasteiger partial charge in [-0.15, -0.1) is 0 Å². The first kappa shape index (κ1) is 60.5. The van der Waals surface area contributed by atoms with Crippen LogP contribution >= 0.6 is 7.82 Å². The van der Waals surface area contributed by atoms with Gasteiger partial charge in [-0.2, -0.15) is 0 Å². The molecule has 0 fully saturated rings. The van der Waals surface area contributed by atoms with Crippen molar-refractivity contribution in [3.05, 3.63) is 48.6 Å². The fourth-order valence-corrected chi connectivity index (χ4v) is 8.08. The summed E-state index contributed by atoms with van der Waals surface area (Å²) in [6.07, 6.45) is 57.5. The van der Waals surface area contributed by atoms with Crippen LogP contribution in [0.5, 0.6) is 0 Å². The average molecular weight is 893 g/mol. The summed E-state index contributed by atoms with van der Waals surface area (Å²) in [7, 11) is 1.24. The summed E-state index contributed by atoms with van der Waals surface area (Å²) in [4.78, 5) is 25.4. The first-order valence-corrected chi connectivity index (χ1v) is 27.5. The fourth-order valence-electron chi connectivity index (χ4n) is 7.36. The Hall–Kier alpha value is -1.54. The number of hydrogen-bond acceptors (Lipinski definition) is 6. The molecule has 0 saturated heterocycles. The van der Waals surface area contributed by atoms with E-state index in [1.165, 1.54) is 167 Å². The van der Waals surface area contributed by atoms with Crippen molar-refractivity contribution < 1.29 is 32.9 Å². The number of aliphatic hydroxyl groups is 1. The summed E-state index contributed by atoms with van der Waals surface area (Å²) in [5.41, 5.74) is 0. The second kappa shape index (κ2) is 44.7. The number of likely N-dealkylation sites (N-methyl/N-ethyl adjacent to an activating group) is 1. The lowest BCUT2D eigenvalue weighted by molar-refractivity contribution is -0.870. The Morgan fingerprint density at radius 2 is 0.903 bits per heavy atom. The highest BCUT2D eigenvalue weighted by molar-refractivity contribution is 7.45. The minimum atomic E-state index is -4.60. The molecule has 0 aromatic rings. The number of allylic oxidation sites excluding steroid dienone is 7. The van der Waals surface area contributed by atoms with Gasteiger partial charge in [0, 0.05) is 6.42 Å². The van der Waals surface area contributed by atoms with Gasteiger partial charge >= 0.3 is 0 Å². The Kier molecular flexibility index (Phi) is 43.5. The van der Waals surface area contributed by atoms with Crippen LogP contribution < -0.4 is 10.2 Å². The normalized spacial score (nSPS) is 14.5. The summed E-state index contributed by atoms with van der Waals surface area (Å²) in [5.74, 6) is -0.211. The number of phosphoric ester groups is 1. The number of unbranched alkanes of at least 4 members (excludes halogenated alkanes) is 28. The molecule has 0 rings (SSSR count). The molecule has 9 heteroatoms. The van der Waals surface area contributed by atoms with Crippen molar-refractivity contribution in [3.8, 4) is 0 Å². The third kappa shape index (κ3) is 46.5. The van der Waals surface area contributed by atoms with Crippen molar-refractivity contribution in [2.24, 2.45) is 0 Å². The number of carbonyl (C=O) groups is 1. The smallest absolute Gasteiger partial charge is 0.268 e. The van der Waals surface area contributed by atoms with Crippen molar-refractivity contribution in [2.75, 3.05) is 40.9 Å². The Labute approximate surface area is 384 Å². The van der Waals surface area contributed by atoms with Crippen LogP contribution in [0, 0.1) is 0 Å². The zero-order valence-electron chi connectivity index (χ0n) is 41.3. The van der Waals surface area contributed by atoms with Gasteiger partial charge in [0.1, 0.15) is 13.2 Å². The standard InChI is InChI=1S/C53H101N2O6P/c1-6-8-10-12-14-16-18-20-22-23-24-25-26-27-28-29-30-31-33-35-37-39-41-43-45-47-53(57)54-51(50-61-62(58,59)60-49-48-55(3,4)5)52(56)46-44-42-40-38-36-34-32-21-19-17-15-13-11-9-7-2/h19,21,23-24,36,38,44,46,51-52,56H,6-18,20,22,25-35,37,39-43,45,47-50H2,1-5H3,(H-,54,57,58,59)/b21-19+,24-23-,38-36+,46-44+. The van der Waals surface area contributed by atoms with Gasteiger partial charge in [0.2, 0.25) is 5.91 Å². The number of quaternary nitrogens is 1. The van der Waals surface area contributed by atoms with Crippen LogP contribution in [-0.2, 0) is 18.4 Å². The minimum absolute atomic E-state index is 0.00933. The van der Waals surface area contributed by atoms with Crippen molar-refractivity contribution >= 4 is 13.7 Å². The van der Waals surface area contributed by atoms with Crippen LogP contribution in [0.25, 0.3) is 0 Å². The van der Waals surface area contributed by atoms with E-state index in [4.69, 9.17) is 9.05 Å². The van der Waals surface area contributed by atoms with E-state index in [1.54, 1.807) is 6.08 Å². The largest absolute Gasteiger partial charge is 0.756 e. The van der Waals surface area contributed by atoms with Gasteiger partial charge in [-0.3, -0.25) is 9.36 Å². The quantitative estimate of drug-likeness (QED) is 0.0273. The molecule has 8 nitrogen and oxygen atoms in total. The van der Waals surface area contributed by atoms with Crippen LogP contribution in [0.4, 0.5) is 0 Å². The van der Waals surface area contributed by atoms with Gasteiger partial charge in [0.05, 0.1) is 39.9 Å². The molecule has 0 bridgehead atoms. The van der Waals surface area contributed by atoms with Crippen molar-refractivity contribution in [1.82, 2.24) is 5.32 Å². The van der Waals surface area contributed by atoms with E-state index in [0.717, 1.165) is 44.9 Å². The molecule has 2 N–H and O–H groups in total. The highest BCUT2D eigenvalue weighted by atomic mass is 31.2. The third-order valence-electron chi connectivity index (χ3n) is 11.5. The molecular formula is C53H101N2O6P. The highest BCUT2D eigenvalue weighted by Crippen LogP contribution is 2.38. The van der Waals surface area contributed by atoms with Crippen LogP contribution in [0.3, 0.4) is 0 Å². The van der Waals surface area contributed by atoms with E-state index >= 15 is 0 Å². The van der Waals surface area contributed by atoms with E-state index in [9.17, 15) is 19.4 Å². The molecule has 3 atom stereocenters. The average Bonchev–Trinajstić information content (AvgIpc) is 3.23. The predicted octanol–water partition coefficient (Wildman–Crippen LogP) is 14.6. The maximum atomic E-state index is 12.9. The Morgan fingerprint density at radius 1 is 0.548 bits per heavy atom. The molecule has 0 aliphatic rings. The second-order valence-corrected chi connectivity index (χ2v) is 20.3. The molecule has 0 aliphatic carbocycles. The molecule has 3 unspecified atom stereocenters. The summed E-state index contributed by atoms with van der Waals surface area (Å²) in [6.45, 7) is 4.61. The van der Waals surface area contributed by atoms with Crippen LogP contribution in [0.2, 0.25) is 0 Å². The zero-order chi connectivity index (χ0) is 45.7. The number of aliphatic hydroxyl groups excluding tert-OH is 1. The maximum Gasteiger partial charge on any atom is 0.268 e. The van der Waals surface area contributed by atoms with Gasteiger partial charge in [0.15, 0.2) is 0 Å². The summed E-state index contributed by atoms with van der Waals surface area (Å²) < 4.78 is 23.2. The lowest BCUT2D eigenvalue weighted by atomic mass is 10.0. The summed E-state index contributed by atoms with van der Waals surface area (Å²) in [5, 5.41) is 13.8. The van der Waals surface area contributed by atoms with Crippen molar-refractivity contribution in [1.29, 1.82) is 0 Å². The lowest BCUT2D eigenvalue weighted by Crippen LogP contribution is -2.45. The summed E-state index contributed by atoms with van der Waals surface area (Å²) >= 11 is 0. The second-order valence-electron chi connectivity index (χ2n) is 18.9. The molecule has 0 heterocycles. The molecular weight excluding hydrogens is 792 g/mol. The van der Waals surface area contributed by atoms with E-state index < -0.39 is 26.6 Å². The number of phosphoric acid groups is 1. The van der Waals surface area contributed by atoms with Gasteiger partial charge < -0.3 is 28.8 Å².